The van der Waals surface area contributed by atoms with Crippen molar-refractivity contribution in [2.45, 2.75) is 25.3 Å². The molecule has 1 aliphatic heterocycles. The smallest absolute Gasteiger partial charge is 0.137 e. The molecule has 0 saturated carbocycles. The molecule has 1 saturated heterocycles. The van der Waals surface area contributed by atoms with Crippen molar-refractivity contribution in [3.63, 3.8) is 0 Å². The van der Waals surface area contributed by atoms with E-state index in [9.17, 15) is 0 Å². The van der Waals surface area contributed by atoms with Gasteiger partial charge < -0.3 is 14.7 Å². The Labute approximate surface area is 107 Å². The zero-order valence-electron chi connectivity index (χ0n) is 10.0. The highest BCUT2D eigenvalue weighted by Gasteiger charge is 2.24. The summed E-state index contributed by atoms with van der Waals surface area (Å²) in [5.41, 5.74) is 1.12. The summed E-state index contributed by atoms with van der Waals surface area (Å²) < 4.78 is 5.15. The Balaban J connectivity index is 2.18. The number of methoxy groups -OCH3 is 1. The lowest BCUT2D eigenvalue weighted by Gasteiger charge is -2.26. The van der Waals surface area contributed by atoms with Crippen molar-refractivity contribution in [2.24, 2.45) is 0 Å². The number of rotatable bonds is 4. The predicted molar refractivity (Wildman–Crippen MR) is 70.1 cm³/mol. The first-order valence-electron chi connectivity index (χ1n) is 5.97. The molecule has 1 N–H and O–H groups in total. The number of ether oxygens (including phenoxy) is 1. The van der Waals surface area contributed by atoms with Gasteiger partial charge >= 0.3 is 0 Å². The molecule has 1 unspecified atom stereocenters. The topological polar surface area (TPSA) is 32.7 Å². The van der Waals surface area contributed by atoms with Crippen LogP contribution in [-0.2, 0) is 0 Å². The summed E-state index contributed by atoms with van der Waals surface area (Å²) in [7, 11) is 1.62. The molecule has 1 aromatic carbocycles. The van der Waals surface area contributed by atoms with Crippen LogP contribution in [0.5, 0.6) is 5.75 Å². The van der Waals surface area contributed by atoms with Gasteiger partial charge in [-0.25, -0.2) is 0 Å². The number of anilines is 1. The third-order valence-corrected chi connectivity index (χ3v) is 3.60. The summed E-state index contributed by atoms with van der Waals surface area (Å²) in [6.45, 7) is 1.28. The Hall–Kier alpha value is -0.930. The van der Waals surface area contributed by atoms with Crippen LogP contribution in [0.3, 0.4) is 0 Å². The van der Waals surface area contributed by atoms with Gasteiger partial charge in [0.25, 0.3) is 0 Å². The SMILES string of the molecule is COc1ccc(N2CCCC2CCO)cc1Cl. The number of aliphatic hydroxyl groups is 1. The molecule has 0 radical (unpaired) electrons. The Kier molecular flexibility index (Phi) is 4.13. The first-order valence-corrected chi connectivity index (χ1v) is 6.35. The van der Waals surface area contributed by atoms with E-state index in [2.05, 4.69) is 4.90 Å². The van der Waals surface area contributed by atoms with E-state index in [-0.39, 0.29) is 6.61 Å². The molecule has 3 nitrogen and oxygen atoms in total. The molecule has 0 spiro atoms. The van der Waals surface area contributed by atoms with Crippen LogP contribution in [0.15, 0.2) is 18.2 Å². The van der Waals surface area contributed by atoms with Crippen LogP contribution in [0.25, 0.3) is 0 Å². The molecule has 1 atom stereocenters. The van der Waals surface area contributed by atoms with Crippen LogP contribution in [-0.4, -0.2) is 31.4 Å². The van der Waals surface area contributed by atoms with Gasteiger partial charge in [-0.15, -0.1) is 0 Å². The van der Waals surface area contributed by atoms with E-state index in [0.29, 0.717) is 16.8 Å². The maximum atomic E-state index is 9.06. The van der Waals surface area contributed by atoms with Crippen LogP contribution in [0.2, 0.25) is 5.02 Å². The number of nitrogens with zero attached hydrogens (tertiary/aromatic N) is 1. The number of hydrogen-bond acceptors (Lipinski definition) is 3. The van der Waals surface area contributed by atoms with Gasteiger partial charge in [-0.2, -0.15) is 0 Å². The van der Waals surface area contributed by atoms with E-state index in [4.69, 9.17) is 21.4 Å². The van der Waals surface area contributed by atoms with Crippen LogP contribution in [0, 0.1) is 0 Å². The molecule has 2 rings (SSSR count). The average Bonchev–Trinajstić information content (AvgIpc) is 2.78. The quantitative estimate of drug-likeness (QED) is 0.898. The van der Waals surface area contributed by atoms with Crippen molar-refractivity contribution in [1.82, 2.24) is 0 Å². The number of benzene rings is 1. The minimum atomic E-state index is 0.241. The molecule has 0 amide bonds. The molecule has 1 aromatic rings. The first kappa shape index (κ1) is 12.5. The second-order valence-corrected chi connectivity index (χ2v) is 4.73. The average molecular weight is 256 g/mol. The second-order valence-electron chi connectivity index (χ2n) is 4.32. The van der Waals surface area contributed by atoms with Gasteiger partial charge in [0.1, 0.15) is 5.75 Å². The zero-order chi connectivity index (χ0) is 12.3. The maximum absolute atomic E-state index is 9.06. The lowest BCUT2D eigenvalue weighted by molar-refractivity contribution is 0.276. The lowest BCUT2D eigenvalue weighted by atomic mass is 10.1. The highest BCUT2D eigenvalue weighted by Crippen LogP contribution is 2.33. The van der Waals surface area contributed by atoms with Crippen LogP contribution >= 0.6 is 11.6 Å². The van der Waals surface area contributed by atoms with Gasteiger partial charge in [0, 0.05) is 24.9 Å². The molecule has 17 heavy (non-hydrogen) atoms. The van der Waals surface area contributed by atoms with E-state index in [0.717, 1.165) is 25.1 Å². The summed E-state index contributed by atoms with van der Waals surface area (Å²) in [5.74, 6) is 0.702. The van der Waals surface area contributed by atoms with Crippen molar-refractivity contribution in [2.75, 3.05) is 25.2 Å². The lowest BCUT2D eigenvalue weighted by Crippen LogP contribution is -2.29. The number of aliphatic hydroxyl groups excluding tert-OH is 1. The molecule has 94 valence electrons. The first-order chi connectivity index (χ1) is 8.26. The number of halogens is 1. The molecular formula is C13H18ClNO2. The monoisotopic (exact) mass is 255 g/mol. The zero-order valence-corrected chi connectivity index (χ0v) is 10.8. The molecule has 0 aliphatic carbocycles. The Morgan fingerprint density at radius 2 is 2.35 bits per heavy atom. The Morgan fingerprint density at radius 1 is 1.53 bits per heavy atom. The van der Waals surface area contributed by atoms with Gasteiger partial charge in [0.05, 0.1) is 12.1 Å². The fourth-order valence-corrected chi connectivity index (χ4v) is 2.71. The fraction of sp³-hybridized carbons (Fsp3) is 0.538. The minimum absolute atomic E-state index is 0.241. The molecular weight excluding hydrogens is 238 g/mol. The maximum Gasteiger partial charge on any atom is 0.137 e. The summed E-state index contributed by atoms with van der Waals surface area (Å²) >= 11 is 6.13. The molecule has 4 heteroatoms. The van der Waals surface area contributed by atoms with E-state index >= 15 is 0 Å². The summed E-state index contributed by atoms with van der Waals surface area (Å²) in [6.07, 6.45) is 3.14. The summed E-state index contributed by atoms with van der Waals surface area (Å²) in [4.78, 5) is 2.32. The van der Waals surface area contributed by atoms with Gasteiger partial charge in [-0.1, -0.05) is 11.6 Å². The van der Waals surface area contributed by atoms with Crippen molar-refractivity contribution < 1.29 is 9.84 Å². The van der Waals surface area contributed by atoms with Crippen LogP contribution in [0.4, 0.5) is 5.69 Å². The Bertz CT molecular complexity index is 384. The van der Waals surface area contributed by atoms with E-state index in [1.165, 1.54) is 6.42 Å². The predicted octanol–water partition coefficient (Wildman–Crippen LogP) is 2.70. The highest BCUT2D eigenvalue weighted by atomic mass is 35.5. The third kappa shape index (κ3) is 2.67. The largest absolute Gasteiger partial charge is 0.495 e. The third-order valence-electron chi connectivity index (χ3n) is 3.31. The van der Waals surface area contributed by atoms with E-state index < -0.39 is 0 Å². The van der Waals surface area contributed by atoms with Gasteiger partial charge in [-0.3, -0.25) is 0 Å². The number of hydrogen-bond donors (Lipinski definition) is 1. The molecule has 0 aromatic heterocycles. The van der Waals surface area contributed by atoms with Crippen molar-refractivity contribution in [1.29, 1.82) is 0 Å². The molecule has 1 heterocycles. The highest BCUT2D eigenvalue weighted by molar-refractivity contribution is 6.32. The van der Waals surface area contributed by atoms with Crippen molar-refractivity contribution in [3.8, 4) is 5.75 Å². The summed E-state index contributed by atoms with van der Waals surface area (Å²) in [5, 5.41) is 9.69. The van der Waals surface area contributed by atoms with E-state index in [1.807, 2.05) is 18.2 Å². The van der Waals surface area contributed by atoms with Gasteiger partial charge in [0.2, 0.25) is 0 Å². The van der Waals surface area contributed by atoms with E-state index in [1.54, 1.807) is 7.11 Å². The summed E-state index contributed by atoms with van der Waals surface area (Å²) in [6, 6.07) is 6.30. The molecule has 0 bridgehead atoms. The Morgan fingerprint density at radius 3 is 3.00 bits per heavy atom. The van der Waals surface area contributed by atoms with Gasteiger partial charge in [0.15, 0.2) is 0 Å². The van der Waals surface area contributed by atoms with Crippen LogP contribution in [0.1, 0.15) is 19.3 Å². The second kappa shape index (κ2) is 5.61. The normalized spacial score (nSPS) is 19.7. The van der Waals surface area contributed by atoms with Crippen LogP contribution < -0.4 is 9.64 Å². The fourth-order valence-electron chi connectivity index (χ4n) is 2.46. The molecule has 1 fully saturated rings. The van der Waals surface area contributed by atoms with Crippen molar-refractivity contribution in [3.05, 3.63) is 23.2 Å². The van der Waals surface area contributed by atoms with Crippen molar-refractivity contribution >= 4 is 17.3 Å². The standard InChI is InChI=1S/C13H18ClNO2/c1-17-13-5-4-11(9-12(13)14)15-7-2-3-10(15)6-8-16/h4-5,9-10,16H,2-3,6-8H2,1H3. The molecule has 1 aliphatic rings. The minimum Gasteiger partial charge on any atom is -0.495 e. The van der Waals surface area contributed by atoms with Gasteiger partial charge in [-0.05, 0) is 37.5 Å².